The number of hydrogen-bond donors (Lipinski definition) is 2. The Balaban J connectivity index is 1.69. The van der Waals surface area contributed by atoms with Gasteiger partial charge in [0.2, 0.25) is 13.3 Å². The summed E-state index contributed by atoms with van der Waals surface area (Å²) < 4.78 is 60.8. The van der Waals surface area contributed by atoms with Gasteiger partial charge < -0.3 is 24.7 Å². The van der Waals surface area contributed by atoms with Crippen LogP contribution in [-0.2, 0) is 15.8 Å². The average molecular weight is 505 g/mol. The molecule has 0 saturated carbocycles. The normalized spacial score (nSPS) is 13.8. The first kappa shape index (κ1) is 25.3. The molecule has 0 fully saturated rings. The highest BCUT2D eigenvalue weighted by molar-refractivity contribution is 7.99. The summed E-state index contributed by atoms with van der Waals surface area (Å²) in [5, 5.41) is 0.523. The van der Waals surface area contributed by atoms with Gasteiger partial charge in [-0.1, -0.05) is 24.8 Å². The van der Waals surface area contributed by atoms with E-state index >= 15 is 0 Å². The highest BCUT2D eigenvalue weighted by Gasteiger charge is 2.38. The zero-order chi connectivity index (χ0) is 24.1. The second kappa shape index (κ2) is 10.7. The lowest BCUT2D eigenvalue weighted by Gasteiger charge is -2.14. The van der Waals surface area contributed by atoms with Gasteiger partial charge in [-0.15, -0.1) is 0 Å². The van der Waals surface area contributed by atoms with Crippen molar-refractivity contribution in [1.29, 1.82) is 0 Å². The summed E-state index contributed by atoms with van der Waals surface area (Å²) in [5.41, 5.74) is 6.76. The molecule has 0 amide bonds. The van der Waals surface area contributed by atoms with Crippen LogP contribution in [0.15, 0.2) is 40.5 Å². The number of aromatic nitrogens is 4. The van der Waals surface area contributed by atoms with Crippen molar-refractivity contribution in [3.8, 4) is 5.75 Å². The Hall–Kier alpha value is -2.34. The topological polar surface area (TPSA) is 125 Å². The van der Waals surface area contributed by atoms with Gasteiger partial charge in [0.05, 0.1) is 19.5 Å². The van der Waals surface area contributed by atoms with E-state index in [4.69, 9.17) is 15.2 Å². The Morgan fingerprint density at radius 2 is 2.06 bits per heavy atom. The largest absolute Gasteiger partial charge is 0.494 e. The molecule has 2 aromatic heterocycles. The molecule has 33 heavy (non-hydrogen) atoms. The van der Waals surface area contributed by atoms with Crippen molar-refractivity contribution in [2.45, 2.75) is 36.0 Å². The minimum atomic E-state index is -4.74. The summed E-state index contributed by atoms with van der Waals surface area (Å²) in [7, 11) is -4.47. The molecule has 3 aromatic rings. The zero-order valence-corrected chi connectivity index (χ0v) is 19.4. The molecule has 0 aliphatic rings. The van der Waals surface area contributed by atoms with Crippen molar-refractivity contribution < 1.29 is 32.1 Å². The second-order valence-corrected chi connectivity index (χ2v) is 10.4. The quantitative estimate of drug-likeness (QED) is 0.224. The van der Waals surface area contributed by atoms with Gasteiger partial charge >= 0.3 is 6.18 Å². The molecular weight excluding hydrogens is 482 g/mol. The number of nitrogens with zero attached hydrogens (tertiary/aromatic N) is 4. The van der Waals surface area contributed by atoms with Crippen LogP contribution in [0.5, 0.6) is 5.75 Å². The molecule has 0 aliphatic heterocycles. The maximum atomic E-state index is 12.3. The van der Waals surface area contributed by atoms with Gasteiger partial charge in [0.1, 0.15) is 28.8 Å². The number of hydrogen-bond acceptors (Lipinski definition) is 8. The number of ether oxygens (including phenoxy) is 2. The van der Waals surface area contributed by atoms with E-state index < -0.39 is 26.1 Å². The molecule has 0 saturated heterocycles. The van der Waals surface area contributed by atoms with Crippen LogP contribution >= 0.6 is 19.1 Å². The summed E-state index contributed by atoms with van der Waals surface area (Å²) in [6.07, 6.45) is -5.06. The highest BCUT2D eigenvalue weighted by Crippen LogP contribution is 2.45. The van der Waals surface area contributed by atoms with Crippen LogP contribution in [0, 0.1) is 0 Å². The summed E-state index contributed by atoms with van der Waals surface area (Å²) in [5.74, 6) is 0.755. The number of benzene rings is 1. The lowest BCUT2D eigenvalue weighted by atomic mass is 10.3. The number of nitrogen functional groups attached to an aromatic ring is 1. The van der Waals surface area contributed by atoms with Crippen molar-refractivity contribution in [2.75, 3.05) is 31.5 Å². The van der Waals surface area contributed by atoms with Gasteiger partial charge in [0, 0.05) is 11.4 Å². The van der Waals surface area contributed by atoms with E-state index in [0.29, 0.717) is 22.8 Å². The molecule has 180 valence electrons. The summed E-state index contributed by atoms with van der Waals surface area (Å²) in [4.78, 5) is 23.1. The molecule has 0 aliphatic carbocycles. The van der Waals surface area contributed by atoms with Crippen molar-refractivity contribution in [3.63, 3.8) is 0 Å². The number of imidazole rings is 1. The van der Waals surface area contributed by atoms with E-state index in [-0.39, 0.29) is 19.1 Å². The lowest BCUT2D eigenvalue weighted by molar-refractivity contribution is -0.108. The molecule has 0 spiro atoms. The number of fused-ring (bicyclic) bond motifs is 1. The number of anilines is 1. The van der Waals surface area contributed by atoms with Crippen LogP contribution in [0.4, 0.5) is 19.1 Å². The van der Waals surface area contributed by atoms with Crippen molar-refractivity contribution in [3.05, 3.63) is 30.6 Å². The highest BCUT2D eigenvalue weighted by atomic mass is 32.2. The van der Waals surface area contributed by atoms with Gasteiger partial charge in [-0.2, -0.15) is 18.2 Å². The van der Waals surface area contributed by atoms with E-state index in [2.05, 4.69) is 15.0 Å². The Morgan fingerprint density at radius 3 is 2.79 bits per heavy atom. The summed E-state index contributed by atoms with van der Waals surface area (Å²) in [6.45, 7) is 2.65. The fourth-order valence-corrected chi connectivity index (χ4v) is 4.81. The fourth-order valence-electron chi connectivity index (χ4n) is 2.82. The van der Waals surface area contributed by atoms with Crippen molar-refractivity contribution >= 4 is 36.2 Å². The van der Waals surface area contributed by atoms with Crippen LogP contribution < -0.4 is 10.5 Å². The average Bonchev–Trinajstić information content (AvgIpc) is 3.11. The Labute approximate surface area is 192 Å². The summed E-state index contributed by atoms with van der Waals surface area (Å²) >= 11 is 1.33. The van der Waals surface area contributed by atoms with E-state index in [1.54, 1.807) is 4.57 Å². The zero-order valence-electron chi connectivity index (χ0n) is 17.7. The summed E-state index contributed by atoms with van der Waals surface area (Å²) in [6, 6.07) is 7.50. The Kier molecular flexibility index (Phi) is 8.22. The van der Waals surface area contributed by atoms with E-state index in [0.717, 1.165) is 17.1 Å². The molecule has 9 nitrogen and oxygen atoms in total. The molecule has 1 aromatic carbocycles. The number of rotatable bonds is 11. The van der Waals surface area contributed by atoms with E-state index in [1.165, 1.54) is 18.1 Å². The first-order chi connectivity index (χ1) is 15.6. The first-order valence-corrected chi connectivity index (χ1v) is 12.8. The van der Waals surface area contributed by atoms with Crippen LogP contribution in [0.2, 0.25) is 0 Å². The predicted octanol–water partition coefficient (Wildman–Crippen LogP) is 4.16. The number of halogens is 3. The molecule has 1 atom stereocenters. The van der Waals surface area contributed by atoms with E-state index in [1.807, 2.05) is 31.2 Å². The molecule has 0 radical (unpaired) electrons. The molecule has 3 N–H and O–H groups in total. The van der Waals surface area contributed by atoms with E-state index in [9.17, 15) is 22.6 Å². The first-order valence-electron chi connectivity index (χ1n) is 9.91. The Morgan fingerprint density at radius 1 is 1.27 bits per heavy atom. The molecule has 2 heterocycles. The predicted molar refractivity (Wildman–Crippen MR) is 118 cm³/mol. The number of alkyl halides is 3. The molecular formula is C19H23F3N5O4PS. The smallest absolute Gasteiger partial charge is 0.398 e. The van der Waals surface area contributed by atoms with Gasteiger partial charge in [0.15, 0.2) is 5.65 Å². The van der Waals surface area contributed by atoms with Crippen LogP contribution in [0.1, 0.15) is 13.3 Å². The third kappa shape index (κ3) is 7.60. The standard InChI is InChI=1S/C19H23F3N5O4PS/c1-2-7-31-13-4-3-5-14(9-13)33-17-15-16(25-18(23)26-17)27(11-24-15)6-8-30-12-32(28,29)10-19(20,21)22/h3-5,9,11H,2,6-8,10,12H2,1H3,(H,28,29)(H2,23,25,26). The molecule has 14 heteroatoms. The number of nitrogens with two attached hydrogens (primary N) is 1. The fraction of sp³-hybridized carbons (Fsp3) is 0.421. The SMILES string of the molecule is CCCOc1cccc(Sc2nc(N)nc3c2ncn3CCOCP(=O)(O)CC(F)(F)F)c1. The minimum Gasteiger partial charge on any atom is -0.494 e. The van der Waals surface area contributed by atoms with Gasteiger partial charge in [-0.3, -0.25) is 4.57 Å². The maximum absolute atomic E-state index is 12.3. The second-order valence-electron chi connectivity index (χ2n) is 7.08. The maximum Gasteiger partial charge on any atom is 0.398 e. The van der Waals surface area contributed by atoms with Gasteiger partial charge in [0.25, 0.3) is 0 Å². The van der Waals surface area contributed by atoms with Crippen molar-refractivity contribution in [1.82, 2.24) is 19.5 Å². The van der Waals surface area contributed by atoms with Crippen LogP contribution in [0.3, 0.4) is 0 Å². The Bertz CT molecular complexity index is 1140. The minimum absolute atomic E-state index is 0.0242. The monoisotopic (exact) mass is 505 g/mol. The van der Waals surface area contributed by atoms with Crippen LogP contribution in [-0.4, -0.2) is 56.3 Å². The van der Waals surface area contributed by atoms with Crippen LogP contribution in [0.25, 0.3) is 11.2 Å². The van der Waals surface area contributed by atoms with Crippen molar-refractivity contribution in [2.24, 2.45) is 0 Å². The molecule has 1 unspecified atom stereocenters. The third-order valence-electron chi connectivity index (χ3n) is 4.14. The lowest BCUT2D eigenvalue weighted by Crippen LogP contribution is -2.17. The molecule has 0 bridgehead atoms. The molecule has 3 rings (SSSR count). The van der Waals surface area contributed by atoms with Gasteiger partial charge in [-0.05, 0) is 24.6 Å². The van der Waals surface area contributed by atoms with Gasteiger partial charge in [-0.25, -0.2) is 9.97 Å². The third-order valence-corrected chi connectivity index (χ3v) is 6.54.